The van der Waals surface area contributed by atoms with Crippen LogP contribution in [0.1, 0.15) is 0 Å². The monoisotopic (exact) mass is 350 g/mol. The average Bonchev–Trinajstić information content (AvgIpc) is 3.26. The van der Waals surface area contributed by atoms with Gasteiger partial charge in [-0.2, -0.15) is 0 Å². The molecule has 0 amide bonds. The highest BCUT2D eigenvalue weighted by atomic mass is 16.5. The quantitative estimate of drug-likeness (QED) is 0.516. The lowest BCUT2D eigenvalue weighted by Crippen LogP contribution is -2.45. The zero-order chi connectivity index (χ0) is 17.5. The predicted octanol–water partition coefficient (Wildman–Crippen LogP) is 1.26. The van der Waals surface area contributed by atoms with Gasteiger partial charge in [0.25, 0.3) is 0 Å². The fraction of sp³-hybridized carbons (Fsp3) is 0.278. The largest absolute Gasteiger partial charge is 0.378 e. The van der Waals surface area contributed by atoms with Crippen LogP contribution in [0.3, 0.4) is 0 Å². The van der Waals surface area contributed by atoms with Gasteiger partial charge >= 0.3 is 5.69 Å². The third kappa shape index (κ3) is 2.59. The molecule has 0 spiro atoms. The molecule has 1 saturated heterocycles. The summed E-state index contributed by atoms with van der Waals surface area (Å²) in [6, 6.07) is 6.15. The van der Waals surface area contributed by atoms with E-state index in [4.69, 9.17) is 4.74 Å². The van der Waals surface area contributed by atoms with Crippen LogP contribution in [0.25, 0.3) is 33.3 Å². The van der Waals surface area contributed by atoms with E-state index >= 15 is 0 Å². The van der Waals surface area contributed by atoms with Crippen molar-refractivity contribution in [3.05, 3.63) is 47.3 Å². The standard InChI is InChI=1S/C18H18N6O2/c25-18-23-17-15(24(18)9-14-10-26-4-3-19-14)6-13(8-22-17)12-5-11-1-2-20-16(11)21-7-12/h1-2,5-8,14,19H,3-4,9-10H2,(H,20,21)(H,22,23,25). The van der Waals surface area contributed by atoms with Crippen LogP contribution >= 0.6 is 0 Å². The molecule has 1 unspecified atom stereocenters. The number of ether oxygens (including phenoxy) is 1. The van der Waals surface area contributed by atoms with E-state index in [1.165, 1.54) is 0 Å². The van der Waals surface area contributed by atoms with Crippen molar-refractivity contribution in [2.24, 2.45) is 0 Å². The zero-order valence-electron chi connectivity index (χ0n) is 14.0. The van der Waals surface area contributed by atoms with Gasteiger partial charge in [-0.3, -0.25) is 9.55 Å². The summed E-state index contributed by atoms with van der Waals surface area (Å²) in [4.78, 5) is 27.2. The number of pyridine rings is 2. The normalized spacial score (nSPS) is 17.9. The molecule has 8 nitrogen and oxygen atoms in total. The van der Waals surface area contributed by atoms with Crippen molar-refractivity contribution >= 4 is 22.2 Å². The molecule has 8 heteroatoms. The van der Waals surface area contributed by atoms with Crippen molar-refractivity contribution in [1.29, 1.82) is 0 Å². The molecule has 1 aliphatic heterocycles. The van der Waals surface area contributed by atoms with Crippen LogP contribution < -0.4 is 11.0 Å². The summed E-state index contributed by atoms with van der Waals surface area (Å²) in [6.07, 6.45) is 5.44. The SMILES string of the molecule is O=c1[nH]c2ncc(-c3cnc4[nH]ccc4c3)cc2n1CC1COCCN1. The van der Waals surface area contributed by atoms with Crippen LogP contribution in [0, 0.1) is 0 Å². The maximum Gasteiger partial charge on any atom is 0.327 e. The number of fused-ring (bicyclic) bond motifs is 2. The lowest BCUT2D eigenvalue weighted by Gasteiger charge is -2.23. The summed E-state index contributed by atoms with van der Waals surface area (Å²) >= 11 is 0. The molecule has 0 radical (unpaired) electrons. The first-order chi connectivity index (χ1) is 12.8. The summed E-state index contributed by atoms with van der Waals surface area (Å²) in [5, 5.41) is 4.42. The van der Waals surface area contributed by atoms with Gasteiger partial charge in [0.05, 0.1) is 18.7 Å². The average molecular weight is 350 g/mol. The van der Waals surface area contributed by atoms with Gasteiger partial charge in [-0.15, -0.1) is 0 Å². The maximum atomic E-state index is 12.4. The summed E-state index contributed by atoms with van der Waals surface area (Å²) in [7, 11) is 0. The van der Waals surface area contributed by atoms with Crippen molar-refractivity contribution in [2.45, 2.75) is 12.6 Å². The second-order valence-electron chi connectivity index (χ2n) is 6.50. The van der Waals surface area contributed by atoms with E-state index in [0.717, 1.165) is 34.2 Å². The number of hydrogen-bond donors (Lipinski definition) is 3. The Kier molecular flexibility index (Phi) is 3.58. The number of nitrogens with zero attached hydrogens (tertiary/aromatic N) is 3. The van der Waals surface area contributed by atoms with E-state index in [0.29, 0.717) is 25.4 Å². The highest BCUT2D eigenvalue weighted by molar-refractivity contribution is 5.84. The Morgan fingerprint density at radius 2 is 2.04 bits per heavy atom. The zero-order valence-corrected chi connectivity index (χ0v) is 14.0. The fourth-order valence-corrected chi connectivity index (χ4v) is 3.43. The number of hydrogen-bond acceptors (Lipinski definition) is 5. The molecule has 26 heavy (non-hydrogen) atoms. The first kappa shape index (κ1) is 15.3. The second-order valence-corrected chi connectivity index (χ2v) is 6.50. The molecular formula is C18H18N6O2. The van der Waals surface area contributed by atoms with Crippen LogP contribution in [0.2, 0.25) is 0 Å². The van der Waals surface area contributed by atoms with E-state index in [1.54, 1.807) is 10.8 Å². The van der Waals surface area contributed by atoms with Crippen LogP contribution in [0.4, 0.5) is 0 Å². The Morgan fingerprint density at radius 1 is 1.19 bits per heavy atom. The molecule has 1 atom stereocenters. The number of nitrogens with one attached hydrogen (secondary N) is 3. The van der Waals surface area contributed by atoms with Gasteiger partial charge in [-0.1, -0.05) is 0 Å². The van der Waals surface area contributed by atoms with Gasteiger partial charge in [-0.25, -0.2) is 14.8 Å². The van der Waals surface area contributed by atoms with Crippen molar-refractivity contribution in [2.75, 3.05) is 19.8 Å². The summed E-state index contributed by atoms with van der Waals surface area (Å²) in [5.41, 5.74) is 3.96. The van der Waals surface area contributed by atoms with E-state index in [1.807, 2.05) is 24.5 Å². The van der Waals surface area contributed by atoms with Gasteiger partial charge in [0.15, 0.2) is 5.65 Å². The molecule has 132 valence electrons. The van der Waals surface area contributed by atoms with Crippen LogP contribution in [0.5, 0.6) is 0 Å². The number of rotatable bonds is 3. The summed E-state index contributed by atoms with van der Waals surface area (Å²) < 4.78 is 7.22. The molecular weight excluding hydrogens is 332 g/mol. The Morgan fingerprint density at radius 3 is 2.88 bits per heavy atom. The van der Waals surface area contributed by atoms with Crippen molar-refractivity contribution in [1.82, 2.24) is 29.8 Å². The number of morpholine rings is 1. The molecule has 5 rings (SSSR count). The third-order valence-corrected chi connectivity index (χ3v) is 4.76. The summed E-state index contributed by atoms with van der Waals surface area (Å²) in [6.45, 7) is 2.65. The van der Waals surface area contributed by atoms with Gasteiger partial charge in [0.2, 0.25) is 0 Å². The smallest absolute Gasteiger partial charge is 0.327 e. The Labute approximate surface area is 148 Å². The molecule has 0 bridgehead atoms. The van der Waals surface area contributed by atoms with Crippen molar-refractivity contribution < 1.29 is 4.74 Å². The highest BCUT2D eigenvalue weighted by Crippen LogP contribution is 2.24. The number of aromatic amines is 2. The first-order valence-electron chi connectivity index (χ1n) is 8.61. The summed E-state index contributed by atoms with van der Waals surface area (Å²) in [5.74, 6) is 0. The molecule has 3 N–H and O–H groups in total. The highest BCUT2D eigenvalue weighted by Gasteiger charge is 2.17. The molecule has 4 aromatic heterocycles. The van der Waals surface area contributed by atoms with E-state index in [9.17, 15) is 4.79 Å². The molecule has 0 saturated carbocycles. The minimum Gasteiger partial charge on any atom is -0.378 e. The van der Waals surface area contributed by atoms with E-state index < -0.39 is 0 Å². The van der Waals surface area contributed by atoms with Gasteiger partial charge < -0.3 is 15.0 Å². The molecule has 1 aliphatic rings. The van der Waals surface area contributed by atoms with Gasteiger partial charge in [0, 0.05) is 54.2 Å². The Hall–Kier alpha value is -2.97. The number of H-pyrrole nitrogens is 2. The first-order valence-corrected chi connectivity index (χ1v) is 8.61. The van der Waals surface area contributed by atoms with Crippen molar-refractivity contribution in [3.63, 3.8) is 0 Å². The molecule has 5 heterocycles. The van der Waals surface area contributed by atoms with E-state index in [-0.39, 0.29) is 11.7 Å². The third-order valence-electron chi connectivity index (χ3n) is 4.76. The van der Waals surface area contributed by atoms with Crippen LogP contribution in [0.15, 0.2) is 41.6 Å². The molecule has 0 aliphatic carbocycles. The van der Waals surface area contributed by atoms with Crippen LogP contribution in [-0.4, -0.2) is 50.3 Å². The van der Waals surface area contributed by atoms with Crippen molar-refractivity contribution in [3.8, 4) is 11.1 Å². The lowest BCUT2D eigenvalue weighted by molar-refractivity contribution is 0.0715. The predicted molar refractivity (Wildman–Crippen MR) is 98.1 cm³/mol. The Bertz CT molecular complexity index is 1140. The van der Waals surface area contributed by atoms with Gasteiger partial charge in [-0.05, 0) is 18.2 Å². The number of aromatic nitrogens is 5. The number of imidazole rings is 1. The topological polar surface area (TPSA) is 101 Å². The Balaban J connectivity index is 1.57. The lowest BCUT2D eigenvalue weighted by atomic mass is 10.1. The maximum absolute atomic E-state index is 12.4. The molecule has 1 fully saturated rings. The van der Waals surface area contributed by atoms with Gasteiger partial charge in [0.1, 0.15) is 5.65 Å². The minimum absolute atomic E-state index is 0.113. The minimum atomic E-state index is -0.156. The fourth-order valence-electron chi connectivity index (χ4n) is 3.43. The molecule has 4 aromatic rings. The molecule has 0 aromatic carbocycles. The van der Waals surface area contributed by atoms with Crippen LogP contribution in [-0.2, 0) is 11.3 Å². The second kappa shape index (κ2) is 6.08. The van der Waals surface area contributed by atoms with E-state index in [2.05, 4.69) is 31.3 Å².